The van der Waals surface area contributed by atoms with Crippen LogP contribution in [-0.4, -0.2) is 29.6 Å². The molecule has 1 aliphatic heterocycles. The van der Waals surface area contributed by atoms with E-state index in [0.717, 1.165) is 13.0 Å². The van der Waals surface area contributed by atoms with Gasteiger partial charge in [0.15, 0.2) is 0 Å². The second-order valence-electron chi connectivity index (χ2n) is 2.83. The maximum Gasteiger partial charge on any atom is 0.125 e. The average molecular weight is 187 g/mol. The highest BCUT2D eigenvalue weighted by Gasteiger charge is 2.17. The van der Waals surface area contributed by atoms with Crippen LogP contribution < -0.4 is 5.43 Å². The molecule has 1 aliphatic rings. The van der Waals surface area contributed by atoms with Crippen LogP contribution in [0.1, 0.15) is 26.2 Å². The minimum absolute atomic E-state index is 0.341. The summed E-state index contributed by atoms with van der Waals surface area (Å²) in [6.07, 6.45) is 8.03. The average Bonchev–Trinajstić information content (AvgIpc) is 2.15. The largest absolute Gasteiger partial charge is 0.275 e. The highest BCUT2D eigenvalue weighted by molar-refractivity contribution is 7.96. The van der Waals surface area contributed by atoms with Crippen LogP contribution >= 0.6 is 11.9 Å². The molecule has 3 nitrogen and oxygen atoms in total. The van der Waals surface area contributed by atoms with Crippen molar-refractivity contribution in [3.63, 3.8) is 0 Å². The first-order valence-corrected chi connectivity index (χ1v) is 5.65. The molecule has 0 saturated carbocycles. The number of hydrazine groups is 1. The molecule has 0 fully saturated rings. The fourth-order valence-electron chi connectivity index (χ4n) is 1.24. The summed E-state index contributed by atoms with van der Waals surface area (Å²) >= 11 is 1.71. The Balaban J connectivity index is 2.35. The van der Waals surface area contributed by atoms with Crippen molar-refractivity contribution < 1.29 is 0 Å². The normalized spacial score (nSPS) is 24.7. The summed E-state index contributed by atoms with van der Waals surface area (Å²) < 4.78 is 2.13. The van der Waals surface area contributed by atoms with Gasteiger partial charge in [-0.1, -0.05) is 31.7 Å². The fourth-order valence-corrected chi connectivity index (χ4v) is 1.84. The molecule has 70 valence electrons. The maximum absolute atomic E-state index is 4.44. The molecule has 1 heterocycles. The Kier molecular flexibility index (Phi) is 4.65. The van der Waals surface area contributed by atoms with Crippen molar-refractivity contribution in [3.8, 4) is 0 Å². The lowest BCUT2D eigenvalue weighted by Gasteiger charge is -2.29. The van der Waals surface area contributed by atoms with Gasteiger partial charge in [0.2, 0.25) is 0 Å². The van der Waals surface area contributed by atoms with Crippen molar-refractivity contribution in [2.45, 2.75) is 32.4 Å². The summed E-state index contributed by atoms with van der Waals surface area (Å²) in [5.74, 6) is 0. The molecule has 0 bridgehead atoms. The lowest BCUT2D eigenvalue weighted by atomic mass is 10.2. The van der Waals surface area contributed by atoms with E-state index in [1.165, 1.54) is 12.8 Å². The molecule has 0 aliphatic carbocycles. The Morgan fingerprint density at radius 1 is 1.75 bits per heavy atom. The van der Waals surface area contributed by atoms with Crippen LogP contribution in [0.15, 0.2) is 4.99 Å². The van der Waals surface area contributed by atoms with E-state index in [4.69, 9.17) is 0 Å². The molecule has 0 aromatic carbocycles. The number of hydrogen-bond donors (Lipinski definition) is 1. The quantitative estimate of drug-likeness (QED) is 0.678. The number of unbranched alkanes of at least 4 members (excludes halogenated alkanes) is 1. The molecule has 0 saturated heterocycles. The molecule has 12 heavy (non-hydrogen) atoms. The zero-order valence-electron chi connectivity index (χ0n) is 7.79. The Bertz CT molecular complexity index is 149. The molecule has 0 aromatic heterocycles. The molecular formula is C8H17N3S. The van der Waals surface area contributed by atoms with Crippen molar-refractivity contribution in [2.75, 3.05) is 12.8 Å². The Labute approximate surface area is 78.7 Å². The molecule has 1 rings (SSSR count). The molecule has 0 aromatic rings. The first-order valence-electron chi connectivity index (χ1n) is 4.47. The predicted molar refractivity (Wildman–Crippen MR) is 55.2 cm³/mol. The third-order valence-electron chi connectivity index (χ3n) is 1.90. The van der Waals surface area contributed by atoms with Gasteiger partial charge >= 0.3 is 0 Å². The Hall–Kier alpha value is -0.0600. The van der Waals surface area contributed by atoms with E-state index < -0.39 is 0 Å². The monoisotopic (exact) mass is 187 g/mol. The van der Waals surface area contributed by atoms with Crippen molar-refractivity contribution >= 4 is 18.2 Å². The second kappa shape index (κ2) is 5.56. The highest BCUT2D eigenvalue weighted by Crippen LogP contribution is 2.16. The zero-order chi connectivity index (χ0) is 8.81. The van der Waals surface area contributed by atoms with E-state index in [1.54, 1.807) is 11.9 Å². The van der Waals surface area contributed by atoms with Crippen molar-refractivity contribution in [1.82, 2.24) is 9.84 Å². The Morgan fingerprint density at radius 2 is 2.58 bits per heavy atom. The van der Waals surface area contributed by atoms with Crippen LogP contribution in [0.4, 0.5) is 0 Å². The van der Waals surface area contributed by atoms with E-state index in [1.807, 2.05) is 6.21 Å². The van der Waals surface area contributed by atoms with Crippen LogP contribution in [0, 0.1) is 0 Å². The maximum atomic E-state index is 4.44. The first-order chi connectivity index (χ1) is 5.88. The van der Waals surface area contributed by atoms with Gasteiger partial charge in [-0.3, -0.25) is 4.99 Å². The molecule has 1 atom stereocenters. The van der Waals surface area contributed by atoms with Crippen LogP contribution in [-0.2, 0) is 0 Å². The smallest absolute Gasteiger partial charge is 0.125 e. The summed E-state index contributed by atoms with van der Waals surface area (Å²) in [4.78, 5) is 4.44. The third kappa shape index (κ3) is 2.77. The van der Waals surface area contributed by atoms with Gasteiger partial charge in [-0.05, 0) is 12.7 Å². The summed E-state index contributed by atoms with van der Waals surface area (Å²) in [6.45, 7) is 3.08. The van der Waals surface area contributed by atoms with Crippen molar-refractivity contribution in [2.24, 2.45) is 4.99 Å². The van der Waals surface area contributed by atoms with E-state index in [0.29, 0.717) is 6.17 Å². The summed E-state index contributed by atoms with van der Waals surface area (Å²) in [5, 5.41) is 0. The summed E-state index contributed by atoms with van der Waals surface area (Å²) in [6, 6.07) is 0. The van der Waals surface area contributed by atoms with E-state index in [2.05, 4.69) is 28.0 Å². The standard InChI is InChI=1S/C8H17N3S/c1-3-4-5-8-9-6-7-10-11(8)12-2/h6,8,10H,3-5,7H2,1-2H3. The van der Waals surface area contributed by atoms with Crippen LogP contribution in [0.5, 0.6) is 0 Å². The van der Waals surface area contributed by atoms with Gasteiger partial charge in [0.1, 0.15) is 6.17 Å². The van der Waals surface area contributed by atoms with Gasteiger partial charge in [0.25, 0.3) is 0 Å². The van der Waals surface area contributed by atoms with Gasteiger partial charge < -0.3 is 0 Å². The predicted octanol–water partition coefficient (Wildman–Crippen LogP) is 1.67. The molecular weight excluding hydrogens is 170 g/mol. The number of nitrogens with one attached hydrogen (secondary N) is 1. The number of nitrogens with zero attached hydrogens (tertiary/aromatic N) is 2. The molecule has 0 radical (unpaired) electrons. The van der Waals surface area contributed by atoms with Crippen LogP contribution in [0.2, 0.25) is 0 Å². The summed E-state index contributed by atoms with van der Waals surface area (Å²) in [5.41, 5.74) is 3.27. The van der Waals surface area contributed by atoms with Crippen molar-refractivity contribution in [1.29, 1.82) is 0 Å². The zero-order valence-corrected chi connectivity index (χ0v) is 8.60. The SMILES string of the molecule is CCCCC1N=CCNN1SC. The molecule has 1 N–H and O–H groups in total. The minimum atomic E-state index is 0.341. The summed E-state index contributed by atoms with van der Waals surface area (Å²) in [7, 11) is 0. The van der Waals surface area contributed by atoms with Gasteiger partial charge in [-0.25, -0.2) is 5.43 Å². The lowest BCUT2D eigenvalue weighted by molar-refractivity contribution is 0.260. The van der Waals surface area contributed by atoms with Crippen LogP contribution in [0.3, 0.4) is 0 Å². The molecule has 0 spiro atoms. The van der Waals surface area contributed by atoms with E-state index >= 15 is 0 Å². The number of hydrogen-bond acceptors (Lipinski definition) is 4. The van der Waals surface area contributed by atoms with Crippen molar-refractivity contribution in [3.05, 3.63) is 0 Å². The van der Waals surface area contributed by atoms with Gasteiger partial charge in [-0.2, -0.15) is 4.41 Å². The molecule has 4 heteroatoms. The molecule has 1 unspecified atom stereocenters. The third-order valence-corrected chi connectivity index (χ3v) is 2.67. The van der Waals surface area contributed by atoms with Gasteiger partial charge in [0, 0.05) is 12.8 Å². The lowest BCUT2D eigenvalue weighted by Crippen LogP contribution is -2.43. The topological polar surface area (TPSA) is 27.6 Å². The van der Waals surface area contributed by atoms with E-state index in [9.17, 15) is 0 Å². The highest BCUT2D eigenvalue weighted by atomic mass is 32.2. The molecule has 0 amide bonds. The second-order valence-corrected chi connectivity index (χ2v) is 3.58. The number of aliphatic imine (C=N–C) groups is 1. The van der Waals surface area contributed by atoms with Gasteiger partial charge in [0.05, 0.1) is 0 Å². The fraction of sp³-hybridized carbons (Fsp3) is 0.875. The minimum Gasteiger partial charge on any atom is -0.275 e. The van der Waals surface area contributed by atoms with Gasteiger partial charge in [-0.15, -0.1) is 0 Å². The first kappa shape index (κ1) is 10.0. The van der Waals surface area contributed by atoms with E-state index in [-0.39, 0.29) is 0 Å². The Morgan fingerprint density at radius 3 is 3.25 bits per heavy atom. The number of rotatable bonds is 4. The van der Waals surface area contributed by atoms with Crippen LogP contribution in [0.25, 0.3) is 0 Å².